The van der Waals surface area contributed by atoms with Gasteiger partial charge < -0.3 is 9.64 Å². The SMILES string of the molecule is Cc1cccc(C(=O)N2CCc3c(c(COCc4ccccc4F)nn3C)C2)c1. The second kappa shape index (κ2) is 8.17. The van der Waals surface area contributed by atoms with Gasteiger partial charge in [0.05, 0.1) is 18.9 Å². The lowest BCUT2D eigenvalue weighted by Crippen LogP contribution is -2.36. The molecule has 1 aliphatic heterocycles. The molecule has 0 N–H and O–H groups in total. The van der Waals surface area contributed by atoms with Crippen molar-refractivity contribution in [2.45, 2.75) is 33.1 Å². The van der Waals surface area contributed by atoms with Crippen LogP contribution in [-0.2, 0) is 38.0 Å². The summed E-state index contributed by atoms with van der Waals surface area (Å²) in [6.45, 7) is 3.62. The van der Waals surface area contributed by atoms with Crippen LogP contribution in [0, 0.1) is 12.7 Å². The van der Waals surface area contributed by atoms with E-state index < -0.39 is 0 Å². The minimum absolute atomic E-state index is 0.0291. The Balaban J connectivity index is 1.47. The molecule has 0 radical (unpaired) electrons. The summed E-state index contributed by atoms with van der Waals surface area (Å²) in [5.41, 5.74) is 5.26. The number of halogens is 1. The van der Waals surface area contributed by atoms with Gasteiger partial charge >= 0.3 is 0 Å². The lowest BCUT2D eigenvalue weighted by molar-refractivity contribution is 0.0727. The van der Waals surface area contributed by atoms with Crippen molar-refractivity contribution in [3.63, 3.8) is 0 Å². The smallest absolute Gasteiger partial charge is 0.254 e. The molecule has 1 amide bonds. The topological polar surface area (TPSA) is 47.4 Å². The molecule has 29 heavy (non-hydrogen) atoms. The Morgan fingerprint density at radius 1 is 1.17 bits per heavy atom. The molecule has 0 atom stereocenters. The van der Waals surface area contributed by atoms with Crippen molar-refractivity contribution in [3.8, 4) is 0 Å². The van der Waals surface area contributed by atoms with Crippen LogP contribution in [0.3, 0.4) is 0 Å². The molecule has 0 unspecified atom stereocenters. The fraction of sp³-hybridized carbons (Fsp3) is 0.304. The van der Waals surface area contributed by atoms with Gasteiger partial charge in [-0.3, -0.25) is 9.48 Å². The second-order valence-corrected chi connectivity index (χ2v) is 7.43. The van der Waals surface area contributed by atoms with Gasteiger partial charge in [0, 0.05) is 48.9 Å². The van der Waals surface area contributed by atoms with Crippen LogP contribution in [0.4, 0.5) is 4.39 Å². The maximum Gasteiger partial charge on any atom is 0.254 e. The van der Waals surface area contributed by atoms with Crippen LogP contribution < -0.4 is 0 Å². The van der Waals surface area contributed by atoms with E-state index in [0.717, 1.165) is 28.9 Å². The molecule has 5 nitrogen and oxygen atoms in total. The summed E-state index contributed by atoms with van der Waals surface area (Å²) in [6, 6.07) is 14.3. The molecule has 0 saturated carbocycles. The number of ether oxygens (including phenoxy) is 1. The number of aryl methyl sites for hydroxylation is 2. The van der Waals surface area contributed by atoms with E-state index in [9.17, 15) is 9.18 Å². The van der Waals surface area contributed by atoms with Crippen LogP contribution >= 0.6 is 0 Å². The molecule has 0 spiro atoms. The number of hydrogen-bond acceptors (Lipinski definition) is 3. The molecule has 0 fully saturated rings. The number of nitrogens with zero attached hydrogens (tertiary/aromatic N) is 3. The number of amides is 1. The molecule has 0 saturated heterocycles. The fourth-order valence-electron chi connectivity index (χ4n) is 3.79. The van der Waals surface area contributed by atoms with Gasteiger partial charge in [-0.15, -0.1) is 0 Å². The summed E-state index contributed by atoms with van der Waals surface area (Å²) in [4.78, 5) is 14.8. The summed E-state index contributed by atoms with van der Waals surface area (Å²) >= 11 is 0. The Kier molecular flexibility index (Phi) is 5.45. The molecule has 3 aromatic rings. The van der Waals surface area contributed by atoms with Gasteiger partial charge in [-0.1, -0.05) is 35.9 Å². The first kappa shape index (κ1) is 19.3. The van der Waals surface area contributed by atoms with Gasteiger partial charge in [0.2, 0.25) is 0 Å². The van der Waals surface area contributed by atoms with Gasteiger partial charge in [0.25, 0.3) is 5.91 Å². The Labute approximate surface area is 169 Å². The number of benzene rings is 2. The third-order valence-corrected chi connectivity index (χ3v) is 5.33. The van der Waals surface area contributed by atoms with Crippen molar-refractivity contribution in [2.75, 3.05) is 6.54 Å². The van der Waals surface area contributed by atoms with Crippen LogP contribution in [0.15, 0.2) is 48.5 Å². The van der Waals surface area contributed by atoms with E-state index >= 15 is 0 Å². The Morgan fingerprint density at radius 2 is 2.00 bits per heavy atom. The third kappa shape index (κ3) is 4.07. The molecule has 2 heterocycles. The van der Waals surface area contributed by atoms with E-state index in [1.807, 2.05) is 47.8 Å². The molecule has 150 valence electrons. The molecule has 1 aromatic heterocycles. The fourth-order valence-corrected chi connectivity index (χ4v) is 3.79. The van der Waals surface area contributed by atoms with Crippen molar-refractivity contribution in [3.05, 3.63) is 88.0 Å². The number of carbonyl (C=O) groups excluding carboxylic acids is 1. The van der Waals surface area contributed by atoms with Crippen LogP contribution in [0.1, 0.15) is 38.4 Å². The largest absolute Gasteiger partial charge is 0.370 e. The quantitative estimate of drug-likeness (QED) is 0.663. The van der Waals surface area contributed by atoms with Crippen LogP contribution in [0.5, 0.6) is 0 Å². The number of carbonyl (C=O) groups is 1. The molecule has 2 aromatic carbocycles. The Morgan fingerprint density at radius 3 is 2.79 bits per heavy atom. The first-order valence-corrected chi connectivity index (χ1v) is 9.73. The molecule has 4 rings (SSSR count). The Hall–Kier alpha value is -2.99. The van der Waals surface area contributed by atoms with Crippen LogP contribution in [0.25, 0.3) is 0 Å². The monoisotopic (exact) mass is 393 g/mol. The maximum absolute atomic E-state index is 13.8. The second-order valence-electron chi connectivity index (χ2n) is 7.43. The molecule has 0 bridgehead atoms. The average molecular weight is 393 g/mol. The molecular weight excluding hydrogens is 369 g/mol. The summed E-state index contributed by atoms with van der Waals surface area (Å²) in [6.07, 6.45) is 0.754. The Bertz CT molecular complexity index is 1040. The number of aromatic nitrogens is 2. The number of fused-ring (bicyclic) bond motifs is 1. The average Bonchev–Trinajstić information content (AvgIpc) is 3.04. The highest BCUT2D eigenvalue weighted by atomic mass is 19.1. The number of rotatable bonds is 5. The normalized spacial score (nSPS) is 13.4. The van der Waals surface area contributed by atoms with E-state index in [4.69, 9.17) is 4.74 Å². The summed E-state index contributed by atoms with van der Waals surface area (Å²) in [5.74, 6) is -0.244. The summed E-state index contributed by atoms with van der Waals surface area (Å²) in [5, 5.41) is 4.59. The van der Waals surface area contributed by atoms with Crippen molar-refractivity contribution < 1.29 is 13.9 Å². The van der Waals surface area contributed by atoms with Gasteiger partial charge in [-0.05, 0) is 25.1 Å². The van der Waals surface area contributed by atoms with Crippen molar-refractivity contribution in [1.82, 2.24) is 14.7 Å². The van der Waals surface area contributed by atoms with E-state index in [2.05, 4.69) is 5.10 Å². The standard InChI is InChI=1S/C23H24FN3O2/c1-16-6-5-8-17(12-16)23(28)27-11-10-22-19(13-27)21(25-26(22)2)15-29-14-18-7-3-4-9-20(18)24/h3-9,12H,10-11,13-15H2,1-2H3. The number of hydrogen-bond donors (Lipinski definition) is 0. The highest BCUT2D eigenvalue weighted by molar-refractivity contribution is 5.94. The molecular formula is C23H24FN3O2. The predicted octanol–water partition coefficient (Wildman–Crippen LogP) is 3.78. The van der Waals surface area contributed by atoms with Crippen molar-refractivity contribution in [1.29, 1.82) is 0 Å². The van der Waals surface area contributed by atoms with Crippen molar-refractivity contribution >= 4 is 5.91 Å². The first-order valence-electron chi connectivity index (χ1n) is 9.73. The lowest BCUT2D eigenvalue weighted by Gasteiger charge is -2.28. The van der Waals surface area contributed by atoms with Crippen LogP contribution in [0.2, 0.25) is 0 Å². The van der Waals surface area contributed by atoms with Crippen molar-refractivity contribution in [2.24, 2.45) is 7.05 Å². The summed E-state index contributed by atoms with van der Waals surface area (Å²) in [7, 11) is 1.91. The third-order valence-electron chi connectivity index (χ3n) is 5.33. The molecule has 6 heteroatoms. The molecule has 1 aliphatic rings. The van der Waals surface area contributed by atoms with E-state index in [1.54, 1.807) is 18.2 Å². The van der Waals surface area contributed by atoms with Gasteiger partial charge in [-0.2, -0.15) is 5.10 Å². The van der Waals surface area contributed by atoms with Gasteiger partial charge in [-0.25, -0.2) is 4.39 Å². The van der Waals surface area contributed by atoms with Gasteiger partial charge in [0.15, 0.2) is 0 Å². The minimum Gasteiger partial charge on any atom is -0.370 e. The van der Waals surface area contributed by atoms with E-state index in [-0.39, 0.29) is 24.9 Å². The summed E-state index contributed by atoms with van der Waals surface area (Å²) < 4.78 is 21.4. The maximum atomic E-state index is 13.8. The first-order chi connectivity index (χ1) is 14.0. The predicted molar refractivity (Wildman–Crippen MR) is 108 cm³/mol. The van der Waals surface area contributed by atoms with Crippen LogP contribution in [-0.4, -0.2) is 27.1 Å². The highest BCUT2D eigenvalue weighted by Gasteiger charge is 2.27. The highest BCUT2D eigenvalue weighted by Crippen LogP contribution is 2.24. The van der Waals surface area contributed by atoms with Gasteiger partial charge in [0.1, 0.15) is 5.82 Å². The lowest BCUT2D eigenvalue weighted by atomic mass is 10.0. The zero-order valence-corrected chi connectivity index (χ0v) is 16.7. The zero-order chi connectivity index (χ0) is 20.4. The van der Waals surface area contributed by atoms with E-state index in [1.165, 1.54) is 6.07 Å². The molecule has 0 aliphatic carbocycles. The van der Waals surface area contributed by atoms with E-state index in [0.29, 0.717) is 24.2 Å². The minimum atomic E-state index is -0.273. The zero-order valence-electron chi connectivity index (χ0n) is 16.7.